The highest BCUT2D eigenvalue weighted by Gasteiger charge is 2.20. The number of aryl methyl sites for hydroxylation is 2. The number of aromatic nitrogens is 4. The molecule has 5 rings (SSSR count). The van der Waals surface area contributed by atoms with Gasteiger partial charge in [0.1, 0.15) is 0 Å². The Kier molecular flexibility index (Phi) is 5.78. The Morgan fingerprint density at radius 2 is 1.74 bits per heavy atom. The summed E-state index contributed by atoms with van der Waals surface area (Å²) in [6, 6.07) is 18.5. The minimum atomic E-state index is -0.219. The van der Waals surface area contributed by atoms with Crippen LogP contribution in [0.4, 0.5) is 0 Å². The summed E-state index contributed by atoms with van der Waals surface area (Å²) in [6.07, 6.45) is 0. The zero-order chi connectivity index (χ0) is 24.5. The van der Waals surface area contributed by atoms with Gasteiger partial charge in [0.05, 0.1) is 24.8 Å². The summed E-state index contributed by atoms with van der Waals surface area (Å²) in [7, 11) is 1.58. The Hall–Kier alpha value is -4.46. The molecule has 0 radical (unpaired) electrons. The van der Waals surface area contributed by atoms with Gasteiger partial charge < -0.3 is 14.0 Å². The van der Waals surface area contributed by atoms with Crippen LogP contribution in [-0.4, -0.2) is 33.6 Å². The summed E-state index contributed by atoms with van der Waals surface area (Å²) < 4.78 is 18.0. The van der Waals surface area contributed by atoms with Crippen LogP contribution < -0.4 is 15.0 Å². The molecule has 0 bridgehead atoms. The highest BCUT2D eigenvalue weighted by Crippen LogP contribution is 2.33. The number of hydrogen-bond acceptors (Lipinski definition) is 7. The minimum Gasteiger partial charge on any atom is -0.493 e. The molecule has 0 saturated heterocycles. The molecule has 2 heterocycles. The van der Waals surface area contributed by atoms with Crippen molar-refractivity contribution < 1.29 is 14.0 Å². The van der Waals surface area contributed by atoms with Crippen LogP contribution in [0.15, 0.2) is 70.0 Å². The zero-order valence-electron chi connectivity index (χ0n) is 19.9. The second kappa shape index (κ2) is 9.06. The van der Waals surface area contributed by atoms with E-state index in [0.717, 1.165) is 11.1 Å². The molecule has 8 nitrogen and oxygen atoms in total. The van der Waals surface area contributed by atoms with Crippen LogP contribution in [-0.2, 0) is 0 Å². The van der Waals surface area contributed by atoms with Crippen molar-refractivity contribution >= 4 is 10.8 Å². The molecule has 3 aromatic carbocycles. The molecule has 0 aliphatic rings. The average molecular weight is 469 g/mol. The Morgan fingerprint density at radius 3 is 2.49 bits per heavy atom. The van der Waals surface area contributed by atoms with Gasteiger partial charge in [0, 0.05) is 10.9 Å². The van der Waals surface area contributed by atoms with Gasteiger partial charge >= 0.3 is 0 Å². The van der Waals surface area contributed by atoms with Crippen molar-refractivity contribution in [1.82, 2.24) is 19.9 Å². The first-order valence-electron chi connectivity index (χ1n) is 11.2. The summed E-state index contributed by atoms with van der Waals surface area (Å²) in [5, 5.41) is 9.96. The van der Waals surface area contributed by atoms with Gasteiger partial charge in [0.15, 0.2) is 17.2 Å². The molecule has 0 fully saturated rings. The second-order valence-corrected chi connectivity index (χ2v) is 8.10. The molecule has 0 saturated carbocycles. The summed E-state index contributed by atoms with van der Waals surface area (Å²) in [4.78, 5) is 17.9. The number of fused-ring (bicyclic) bond motifs is 1. The van der Waals surface area contributed by atoms with E-state index in [9.17, 15) is 4.79 Å². The molecule has 0 aliphatic carbocycles. The van der Waals surface area contributed by atoms with Crippen molar-refractivity contribution in [3.8, 4) is 40.2 Å². The SMILES string of the molecule is CCOc1ccc(-c2noc(-c3nn(-c4ccc(C)c(C)c4)c(=O)c4ccccc34)n2)cc1OC. The van der Waals surface area contributed by atoms with Crippen molar-refractivity contribution in [2.75, 3.05) is 13.7 Å². The Morgan fingerprint density at radius 1 is 0.943 bits per heavy atom. The highest BCUT2D eigenvalue weighted by atomic mass is 16.5. The second-order valence-electron chi connectivity index (χ2n) is 8.10. The van der Waals surface area contributed by atoms with Gasteiger partial charge in [0.2, 0.25) is 5.82 Å². The number of nitrogens with zero attached hydrogens (tertiary/aromatic N) is 4. The zero-order valence-corrected chi connectivity index (χ0v) is 19.9. The van der Waals surface area contributed by atoms with E-state index >= 15 is 0 Å². The van der Waals surface area contributed by atoms with Gasteiger partial charge in [-0.2, -0.15) is 14.8 Å². The highest BCUT2D eigenvalue weighted by molar-refractivity contribution is 5.92. The molecule has 0 atom stereocenters. The summed E-state index contributed by atoms with van der Waals surface area (Å²) in [6.45, 7) is 6.46. The van der Waals surface area contributed by atoms with E-state index in [-0.39, 0.29) is 11.4 Å². The Bertz CT molecular complexity index is 1600. The maximum atomic E-state index is 13.3. The predicted octanol–water partition coefficient (Wildman–Crippen LogP) is 5.13. The Labute approximate surface area is 201 Å². The number of benzene rings is 3. The molecule has 176 valence electrons. The quantitative estimate of drug-likeness (QED) is 0.341. The predicted molar refractivity (Wildman–Crippen MR) is 133 cm³/mol. The fourth-order valence-electron chi connectivity index (χ4n) is 3.90. The number of rotatable bonds is 6. The van der Waals surface area contributed by atoms with Crippen molar-refractivity contribution in [2.24, 2.45) is 0 Å². The largest absolute Gasteiger partial charge is 0.493 e. The lowest BCUT2D eigenvalue weighted by Crippen LogP contribution is -2.22. The van der Waals surface area contributed by atoms with Crippen LogP contribution in [0.2, 0.25) is 0 Å². The molecule has 0 N–H and O–H groups in total. The molecule has 0 amide bonds. The molecule has 0 spiro atoms. The lowest BCUT2D eigenvalue weighted by molar-refractivity contribution is 0.311. The third kappa shape index (κ3) is 4.03. The molecule has 5 aromatic rings. The number of ether oxygens (including phenoxy) is 2. The van der Waals surface area contributed by atoms with E-state index in [2.05, 4.69) is 15.2 Å². The first kappa shape index (κ1) is 22.3. The van der Waals surface area contributed by atoms with Crippen molar-refractivity contribution in [3.05, 3.63) is 82.1 Å². The first-order valence-corrected chi connectivity index (χ1v) is 11.2. The number of methoxy groups -OCH3 is 1. The molecule has 8 heteroatoms. The van der Waals surface area contributed by atoms with E-state index in [1.807, 2.05) is 63.2 Å². The standard InChI is InChI=1S/C27H24N4O4/c1-5-34-22-13-11-18(15-23(22)33-4)25-28-26(35-30-25)24-20-8-6-7-9-21(20)27(32)31(29-24)19-12-10-16(2)17(3)14-19/h6-15H,5H2,1-4H3. The van der Waals surface area contributed by atoms with Crippen molar-refractivity contribution in [1.29, 1.82) is 0 Å². The molecule has 35 heavy (non-hydrogen) atoms. The van der Waals surface area contributed by atoms with E-state index in [1.54, 1.807) is 25.3 Å². The number of hydrogen-bond donors (Lipinski definition) is 0. The van der Waals surface area contributed by atoms with Gasteiger partial charge in [-0.05, 0) is 68.3 Å². The summed E-state index contributed by atoms with van der Waals surface area (Å²) in [5.74, 6) is 1.79. The van der Waals surface area contributed by atoms with Gasteiger partial charge in [-0.25, -0.2) is 0 Å². The van der Waals surface area contributed by atoms with Crippen LogP contribution in [0.25, 0.3) is 39.4 Å². The third-order valence-electron chi connectivity index (χ3n) is 5.89. The Balaban J connectivity index is 1.65. The van der Waals surface area contributed by atoms with Gasteiger partial charge in [-0.3, -0.25) is 4.79 Å². The van der Waals surface area contributed by atoms with Gasteiger partial charge in [-0.15, -0.1) is 0 Å². The van der Waals surface area contributed by atoms with Crippen LogP contribution in [0.5, 0.6) is 11.5 Å². The molecule has 2 aromatic heterocycles. The van der Waals surface area contributed by atoms with E-state index in [0.29, 0.717) is 51.6 Å². The van der Waals surface area contributed by atoms with Crippen LogP contribution in [0.3, 0.4) is 0 Å². The van der Waals surface area contributed by atoms with E-state index < -0.39 is 0 Å². The topological polar surface area (TPSA) is 92.3 Å². The molecular formula is C27H24N4O4. The van der Waals surface area contributed by atoms with Crippen LogP contribution >= 0.6 is 0 Å². The van der Waals surface area contributed by atoms with Crippen LogP contribution in [0.1, 0.15) is 18.1 Å². The molecule has 0 unspecified atom stereocenters. The fraction of sp³-hybridized carbons (Fsp3) is 0.185. The van der Waals surface area contributed by atoms with Gasteiger partial charge in [0.25, 0.3) is 11.4 Å². The smallest absolute Gasteiger partial charge is 0.279 e. The van der Waals surface area contributed by atoms with Gasteiger partial charge in [-0.1, -0.05) is 29.4 Å². The fourth-order valence-corrected chi connectivity index (χ4v) is 3.90. The summed E-state index contributed by atoms with van der Waals surface area (Å²) >= 11 is 0. The van der Waals surface area contributed by atoms with E-state index in [4.69, 9.17) is 14.0 Å². The normalized spacial score (nSPS) is 11.1. The summed E-state index contributed by atoms with van der Waals surface area (Å²) in [5.41, 5.74) is 3.78. The third-order valence-corrected chi connectivity index (χ3v) is 5.89. The van der Waals surface area contributed by atoms with E-state index in [1.165, 1.54) is 4.68 Å². The lowest BCUT2D eigenvalue weighted by atomic mass is 10.1. The molecular weight excluding hydrogens is 444 g/mol. The monoisotopic (exact) mass is 468 g/mol. The maximum absolute atomic E-state index is 13.3. The lowest BCUT2D eigenvalue weighted by Gasteiger charge is -2.10. The van der Waals surface area contributed by atoms with Crippen molar-refractivity contribution in [3.63, 3.8) is 0 Å². The molecule has 0 aliphatic heterocycles. The van der Waals surface area contributed by atoms with Crippen molar-refractivity contribution in [2.45, 2.75) is 20.8 Å². The minimum absolute atomic E-state index is 0.210. The maximum Gasteiger partial charge on any atom is 0.279 e. The van der Waals surface area contributed by atoms with Crippen LogP contribution in [0, 0.1) is 13.8 Å². The average Bonchev–Trinajstić information content (AvgIpc) is 3.37. The first-order chi connectivity index (χ1) is 17.0.